The van der Waals surface area contributed by atoms with Crippen LogP contribution >= 0.6 is 0 Å². The van der Waals surface area contributed by atoms with Crippen LogP contribution in [0.2, 0.25) is 0 Å². The standard InChI is InChI=1S/C15H23NO2/c1-3-10-16(12-15(17)18)11-9-13(2)14-7-5-4-6-8-14/h4-8,13H,3,9-12H2,1-2H3,(H,17,18). The van der Waals surface area contributed by atoms with Gasteiger partial charge >= 0.3 is 5.97 Å². The summed E-state index contributed by atoms with van der Waals surface area (Å²) in [5.74, 6) is -0.268. The molecule has 0 radical (unpaired) electrons. The topological polar surface area (TPSA) is 40.5 Å². The number of hydrogen-bond donors (Lipinski definition) is 1. The zero-order valence-corrected chi connectivity index (χ0v) is 11.3. The van der Waals surface area contributed by atoms with Gasteiger partial charge in [-0.15, -0.1) is 0 Å². The van der Waals surface area contributed by atoms with Gasteiger partial charge in [0.2, 0.25) is 0 Å². The number of carboxylic acids is 1. The van der Waals surface area contributed by atoms with Crippen molar-refractivity contribution in [3.63, 3.8) is 0 Å². The first-order valence-electron chi connectivity index (χ1n) is 6.62. The van der Waals surface area contributed by atoms with E-state index in [4.69, 9.17) is 5.11 Å². The van der Waals surface area contributed by atoms with Crippen LogP contribution in [0.5, 0.6) is 0 Å². The van der Waals surface area contributed by atoms with Crippen LogP contribution in [-0.2, 0) is 4.79 Å². The highest BCUT2D eigenvalue weighted by Crippen LogP contribution is 2.18. The van der Waals surface area contributed by atoms with Gasteiger partial charge in [-0.3, -0.25) is 9.69 Å². The van der Waals surface area contributed by atoms with Crippen molar-refractivity contribution in [3.8, 4) is 0 Å². The van der Waals surface area contributed by atoms with Crippen LogP contribution in [0, 0.1) is 0 Å². The predicted octanol–water partition coefficient (Wildman–Crippen LogP) is 2.98. The van der Waals surface area contributed by atoms with Crippen molar-refractivity contribution in [2.24, 2.45) is 0 Å². The molecule has 0 bridgehead atoms. The van der Waals surface area contributed by atoms with Crippen molar-refractivity contribution < 1.29 is 9.90 Å². The fourth-order valence-electron chi connectivity index (χ4n) is 2.10. The first-order valence-corrected chi connectivity index (χ1v) is 6.62. The average Bonchev–Trinajstić information content (AvgIpc) is 2.36. The molecule has 0 heterocycles. The minimum atomic E-state index is -0.740. The van der Waals surface area contributed by atoms with E-state index >= 15 is 0 Å². The Morgan fingerprint density at radius 2 is 1.94 bits per heavy atom. The quantitative estimate of drug-likeness (QED) is 0.770. The van der Waals surface area contributed by atoms with Gasteiger partial charge in [0.05, 0.1) is 6.54 Å². The fourth-order valence-corrected chi connectivity index (χ4v) is 2.10. The van der Waals surface area contributed by atoms with Crippen molar-refractivity contribution in [2.75, 3.05) is 19.6 Å². The number of carbonyl (C=O) groups is 1. The van der Waals surface area contributed by atoms with Gasteiger partial charge in [-0.05, 0) is 37.4 Å². The van der Waals surface area contributed by atoms with E-state index in [1.165, 1.54) is 5.56 Å². The number of hydrogen-bond acceptors (Lipinski definition) is 2. The van der Waals surface area contributed by atoms with E-state index in [-0.39, 0.29) is 6.54 Å². The molecule has 0 saturated carbocycles. The van der Waals surface area contributed by atoms with Gasteiger partial charge in [0, 0.05) is 0 Å². The van der Waals surface area contributed by atoms with E-state index in [1.807, 2.05) is 23.1 Å². The van der Waals surface area contributed by atoms with Crippen molar-refractivity contribution in [1.29, 1.82) is 0 Å². The lowest BCUT2D eigenvalue weighted by atomic mass is 9.98. The molecule has 1 N–H and O–H groups in total. The van der Waals surface area contributed by atoms with Gasteiger partial charge in [-0.1, -0.05) is 44.2 Å². The molecule has 3 nitrogen and oxygen atoms in total. The summed E-state index contributed by atoms with van der Waals surface area (Å²) in [6, 6.07) is 10.4. The molecule has 0 aliphatic heterocycles. The highest BCUT2D eigenvalue weighted by Gasteiger charge is 2.11. The highest BCUT2D eigenvalue weighted by atomic mass is 16.4. The summed E-state index contributed by atoms with van der Waals surface area (Å²) >= 11 is 0. The lowest BCUT2D eigenvalue weighted by Gasteiger charge is -2.21. The largest absolute Gasteiger partial charge is 0.480 e. The number of carboxylic acid groups (broad SMARTS) is 1. The molecule has 1 atom stereocenters. The molecule has 18 heavy (non-hydrogen) atoms. The van der Waals surface area contributed by atoms with Crippen LogP contribution in [0.3, 0.4) is 0 Å². The van der Waals surface area contributed by atoms with Crippen LogP contribution in [-0.4, -0.2) is 35.6 Å². The van der Waals surface area contributed by atoms with Crippen LogP contribution in [0.4, 0.5) is 0 Å². The Kier molecular flexibility index (Phi) is 6.44. The second kappa shape index (κ2) is 7.88. The molecule has 0 aliphatic rings. The van der Waals surface area contributed by atoms with Crippen molar-refractivity contribution in [2.45, 2.75) is 32.6 Å². The smallest absolute Gasteiger partial charge is 0.317 e. The molecule has 0 spiro atoms. The monoisotopic (exact) mass is 249 g/mol. The summed E-state index contributed by atoms with van der Waals surface area (Å²) in [5.41, 5.74) is 1.32. The molecule has 0 amide bonds. The molecule has 1 aromatic carbocycles. The second-order valence-corrected chi connectivity index (χ2v) is 4.77. The van der Waals surface area contributed by atoms with Crippen LogP contribution in [0.1, 0.15) is 38.2 Å². The molecule has 0 aromatic heterocycles. The van der Waals surface area contributed by atoms with Crippen LogP contribution in [0.15, 0.2) is 30.3 Å². The molecule has 1 unspecified atom stereocenters. The number of nitrogens with zero attached hydrogens (tertiary/aromatic N) is 1. The third-order valence-corrected chi connectivity index (χ3v) is 3.15. The van der Waals surface area contributed by atoms with Crippen molar-refractivity contribution >= 4 is 5.97 Å². The molecular formula is C15H23NO2. The Morgan fingerprint density at radius 3 is 2.50 bits per heavy atom. The van der Waals surface area contributed by atoms with E-state index in [0.29, 0.717) is 5.92 Å². The summed E-state index contributed by atoms with van der Waals surface area (Å²) in [7, 11) is 0. The van der Waals surface area contributed by atoms with Crippen LogP contribution in [0.25, 0.3) is 0 Å². The zero-order chi connectivity index (χ0) is 13.4. The average molecular weight is 249 g/mol. The van der Waals surface area contributed by atoms with Crippen molar-refractivity contribution in [3.05, 3.63) is 35.9 Å². The summed E-state index contributed by atoms with van der Waals surface area (Å²) in [6.45, 7) is 6.12. The minimum absolute atomic E-state index is 0.148. The van der Waals surface area contributed by atoms with Gasteiger partial charge in [0.15, 0.2) is 0 Å². The maximum absolute atomic E-state index is 10.8. The SMILES string of the molecule is CCCN(CCC(C)c1ccccc1)CC(=O)O. The van der Waals surface area contributed by atoms with E-state index in [9.17, 15) is 4.79 Å². The third kappa shape index (κ3) is 5.32. The summed E-state index contributed by atoms with van der Waals surface area (Å²) < 4.78 is 0. The Bertz CT molecular complexity index is 351. The van der Waals surface area contributed by atoms with Gasteiger partial charge < -0.3 is 5.11 Å². The van der Waals surface area contributed by atoms with Gasteiger partial charge in [0.1, 0.15) is 0 Å². The van der Waals surface area contributed by atoms with E-state index in [0.717, 1.165) is 25.9 Å². The maximum Gasteiger partial charge on any atom is 0.317 e. The third-order valence-electron chi connectivity index (χ3n) is 3.15. The van der Waals surface area contributed by atoms with E-state index in [1.54, 1.807) is 0 Å². The Balaban J connectivity index is 2.44. The van der Waals surface area contributed by atoms with E-state index in [2.05, 4.69) is 26.0 Å². The normalized spacial score (nSPS) is 12.6. The molecule has 1 rings (SSSR count). The van der Waals surface area contributed by atoms with Gasteiger partial charge in [-0.25, -0.2) is 0 Å². The molecule has 1 aromatic rings. The molecular weight excluding hydrogens is 226 g/mol. The van der Waals surface area contributed by atoms with Gasteiger partial charge in [0.25, 0.3) is 0 Å². The molecule has 100 valence electrons. The maximum atomic E-state index is 10.8. The molecule has 0 saturated heterocycles. The van der Waals surface area contributed by atoms with Gasteiger partial charge in [-0.2, -0.15) is 0 Å². The highest BCUT2D eigenvalue weighted by molar-refractivity contribution is 5.69. The Labute approximate surface area is 109 Å². The number of benzene rings is 1. The molecule has 3 heteroatoms. The summed E-state index contributed by atoms with van der Waals surface area (Å²) in [4.78, 5) is 12.8. The number of aliphatic carboxylic acids is 1. The molecule has 0 aliphatic carbocycles. The summed E-state index contributed by atoms with van der Waals surface area (Å²) in [5, 5.41) is 8.85. The van der Waals surface area contributed by atoms with Crippen molar-refractivity contribution in [1.82, 2.24) is 4.90 Å². The lowest BCUT2D eigenvalue weighted by Crippen LogP contribution is -2.32. The Morgan fingerprint density at radius 1 is 1.28 bits per heavy atom. The minimum Gasteiger partial charge on any atom is -0.480 e. The van der Waals surface area contributed by atoms with Crippen LogP contribution < -0.4 is 0 Å². The fraction of sp³-hybridized carbons (Fsp3) is 0.533. The summed E-state index contributed by atoms with van der Waals surface area (Å²) in [6.07, 6.45) is 1.99. The Hall–Kier alpha value is -1.35. The second-order valence-electron chi connectivity index (χ2n) is 4.77. The number of rotatable bonds is 8. The zero-order valence-electron chi connectivity index (χ0n) is 11.3. The first kappa shape index (κ1) is 14.7. The van der Waals surface area contributed by atoms with E-state index < -0.39 is 5.97 Å². The first-order chi connectivity index (χ1) is 8.63. The lowest BCUT2D eigenvalue weighted by molar-refractivity contribution is -0.138. The molecule has 0 fully saturated rings. The predicted molar refractivity (Wildman–Crippen MR) is 73.8 cm³/mol.